The number of likely N-dealkylation sites (tertiary alicyclic amines) is 1. The van der Waals surface area contributed by atoms with Crippen molar-refractivity contribution in [3.05, 3.63) is 65.7 Å². The molecule has 2 heterocycles. The quantitative estimate of drug-likeness (QED) is 0.255. The maximum absolute atomic E-state index is 13.2. The zero-order valence-electron chi connectivity index (χ0n) is 22.2. The number of carboxylic acid groups (broad SMARTS) is 1. The molecule has 0 aliphatic carbocycles. The van der Waals surface area contributed by atoms with Crippen LogP contribution in [-0.2, 0) is 19.9 Å². The number of aliphatic carboxylic acids is 1. The second-order valence-electron chi connectivity index (χ2n) is 10.4. The SMILES string of the molecule is CC(OC(=O)C(F)(F)F)(c1ccccc1)C(C(=O)O)N1CCC(N2CCN(c3ccc(C(=N)N)cc3)CC2)CC1. The highest BCUT2D eigenvalue weighted by atomic mass is 19.4. The van der Waals surface area contributed by atoms with Gasteiger partial charge in [0.05, 0.1) is 0 Å². The summed E-state index contributed by atoms with van der Waals surface area (Å²) in [5.41, 5.74) is 5.38. The molecule has 2 saturated heterocycles. The van der Waals surface area contributed by atoms with Gasteiger partial charge in [0, 0.05) is 56.6 Å². The van der Waals surface area contributed by atoms with Gasteiger partial charge in [0.25, 0.3) is 0 Å². The minimum absolute atomic E-state index is 0.0236. The third-order valence-electron chi connectivity index (χ3n) is 7.88. The van der Waals surface area contributed by atoms with Crippen LogP contribution in [0.1, 0.15) is 30.9 Å². The van der Waals surface area contributed by atoms with E-state index in [0.717, 1.165) is 31.9 Å². The van der Waals surface area contributed by atoms with Crippen LogP contribution in [0.25, 0.3) is 0 Å². The highest BCUT2D eigenvalue weighted by Gasteiger charge is 2.53. The van der Waals surface area contributed by atoms with Crippen molar-refractivity contribution in [2.24, 2.45) is 5.73 Å². The van der Waals surface area contributed by atoms with E-state index in [1.165, 1.54) is 19.1 Å². The van der Waals surface area contributed by atoms with Crippen molar-refractivity contribution in [2.75, 3.05) is 44.2 Å². The van der Waals surface area contributed by atoms with Gasteiger partial charge >= 0.3 is 18.1 Å². The highest BCUT2D eigenvalue weighted by Crippen LogP contribution is 2.37. The Morgan fingerprint density at radius 3 is 2.05 bits per heavy atom. The molecule has 0 radical (unpaired) electrons. The van der Waals surface area contributed by atoms with Crippen LogP contribution < -0.4 is 10.6 Å². The van der Waals surface area contributed by atoms with E-state index in [4.69, 9.17) is 15.9 Å². The second kappa shape index (κ2) is 11.8. The lowest BCUT2D eigenvalue weighted by molar-refractivity contribution is -0.221. The van der Waals surface area contributed by atoms with E-state index in [0.29, 0.717) is 31.5 Å². The van der Waals surface area contributed by atoms with Crippen molar-refractivity contribution < 1.29 is 32.6 Å². The second-order valence-corrected chi connectivity index (χ2v) is 10.4. The number of nitrogens with zero attached hydrogens (tertiary/aromatic N) is 3. The van der Waals surface area contributed by atoms with Gasteiger partial charge in [0.2, 0.25) is 0 Å². The van der Waals surface area contributed by atoms with E-state index in [2.05, 4.69) is 9.80 Å². The molecule has 2 atom stereocenters. The third-order valence-corrected chi connectivity index (χ3v) is 7.88. The number of alkyl halides is 3. The lowest BCUT2D eigenvalue weighted by atomic mass is 9.85. The number of hydrogen-bond donors (Lipinski definition) is 3. The van der Waals surface area contributed by atoms with Crippen LogP contribution in [0.3, 0.4) is 0 Å². The third kappa shape index (κ3) is 6.39. The molecule has 12 heteroatoms. The molecule has 2 aromatic carbocycles. The van der Waals surface area contributed by atoms with Gasteiger partial charge in [-0.3, -0.25) is 20.0 Å². The van der Waals surface area contributed by atoms with E-state index < -0.39 is 29.8 Å². The first kappa shape index (κ1) is 29.3. The Hall–Kier alpha value is -3.64. The fourth-order valence-electron chi connectivity index (χ4n) is 5.74. The largest absolute Gasteiger partial charge is 0.490 e. The molecule has 40 heavy (non-hydrogen) atoms. The van der Waals surface area contributed by atoms with Gasteiger partial charge in [0.15, 0.2) is 11.6 Å². The minimum Gasteiger partial charge on any atom is -0.480 e. The van der Waals surface area contributed by atoms with E-state index in [1.54, 1.807) is 23.1 Å². The number of esters is 1. The van der Waals surface area contributed by atoms with Gasteiger partial charge in [-0.2, -0.15) is 13.2 Å². The molecule has 2 fully saturated rings. The molecule has 0 saturated carbocycles. The van der Waals surface area contributed by atoms with Crippen LogP contribution in [-0.4, -0.2) is 90.2 Å². The Balaban J connectivity index is 1.42. The molecule has 0 aromatic heterocycles. The predicted octanol–water partition coefficient (Wildman–Crippen LogP) is 3.03. The summed E-state index contributed by atoms with van der Waals surface area (Å²) in [4.78, 5) is 30.7. The zero-order valence-corrected chi connectivity index (χ0v) is 22.2. The average Bonchev–Trinajstić information content (AvgIpc) is 2.93. The molecule has 4 rings (SSSR count). The van der Waals surface area contributed by atoms with Crippen LogP contribution in [0.2, 0.25) is 0 Å². The number of rotatable bonds is 8. The maximum atomic E-state index is 13.2. The van der Waals surface area contributed by atoms with Gasteiger partial charge in [-0.25, -0.2) is 4.79 Å². The summed E-state index contributed by atoms with van der Waals surface area (Å²) < 4.78 is 44.5. The number of carboxylic acids is 1. The number of hydrogen-bond acceptors (Lipinski definition) is 7. The molecular weight excluding hydrogens is 527 g/mol. The first-order valence-electron chi connectivity index (χ1n) is 13.2. The number of carbonyl (C=O) groups excluding carboxylic acids is 1. The first-order chi connectivity index (χ1) is 18.9. The molecule has 216 valence electrons. The van der Waals surface area contributed by atoms with E-state index >= 15 is 0 Å². The van der Waals surface area contributed by atoms with E-state index in [-0.39, 0.29) is 17.4 Å². The fourth-order valence-corrected chi connectivity index (χ4v) is 5.74. The molecule has 9 nitrogen and oxygen atoms in total. The normalized spacial score (nSPS) is 19.9. The lowest BCUT2D eigenvalue weighted by Gasteiger charge is -2.47. The summed E-state index contributed by atoms with van der Waals surface area (Å²) in [5, 5.41) is 17.7. The number of piperazine rings is 1. The van der Waals surface area contributed by atoms with E-state index in [9.17, 15) is 27.9 Å². The van der Waals surface area contributed by atoms with Crippen LogP contribution in [0.5, 0.6) is 0 Å². The molecule has 0 amide bonds. The maximum Gasteiger partial charge on any atom is 0.490 e. The Labute approximate surface area is 230 Å². The number of benzene rings is 2. The van der Waals surface area contributed by atoms with Gasteiger partial charge in [-0.1, -0.05) is 30.3 Å². The molecule has 2 unspecified atom stereocenters. The van der Waals surface area contributed by atoms with Crippen LogP contribution >= 0.6 is 0 Å². The van der Waals surface area contributed by atoms with Crippen molar-refractivity contribution >= 4 is 23.5 Å². The average molecular weight is 562 g/mol. The van der Waals surface area contributed by atoms with E-state index in [1.807, 2.05) is 24.3 Å². The van der Waals surface area contributed by atoms with Gasteiger partial charge in [0.1, 0.15) is 5.84 Å². The number of nitrogens with two attached hydrogens (primary N) is 1. The number of carbonyl (C=O) groups is 2. The lowest BCUT2D eigenvalue weighted by Crippen LogP contribution is -2.60. The number of halogens is 3. The molecule has 2 aliphatic heterocycles. The number of ether oxygens (including phenoxy) is 1. The molecule has 2 aromatic rings. The Morgan fingerprint density at radius 2 is 1.55 bits per heavy atom. The first-order valence-corrected chi connectivity index (χ1v) is 13.2. The molecule has 0 spiro atoms. The van der Waals surface area contributed by atoms with Crippen molar-refractivity contribution in [3.63, 3.8) is 0 Å². The van der Waals surface area contributed by atoms with Crippen molar-refractivity contribution in [2.45, 2.75) is 43.6 Å². The monoisotopic (exact) mass is 561 g/mol. The van der Waals surface area contributed by atoms with Crippen molar-refractivity contribution in [1.82, 2.24) is 9.80 Å². The molecule has 0 bridgehead atoms. The van der Waals surface area contributed by atoms with Gasteiger partial charge in [-0.05, 0) is 49.6 Å². The van der Waals surface area contributed by atoms with Crippen LogP contribution in [0, 0.1) is 5.41 Å². The minimum atomic E-state index is -5.26. The van der Waals surface area contributed by atoms with Gasteiger partial charge in [-0.15, -0.1) is 0 Å². The van der Waals surface area contributed by atoms with Crippen LogP contribution in [0.4, 0.5) is 18.9 Å². The number of nitrogen functional groups attached to an aromatic ring is 1. The fraction of sp³-hybridized carbons (Fsp3) is 0.464. The number of amidine groups is 1. The van der Waals surface area contributed by atoms with Crippen molar-refractivity contribution in [1.29, 1.82) is 5.41 Å². The number of anilines is 1. The Bertz CT molecular complexity index is 1190. The van der Waals surface area contributed by atoms with Crippen molar-refractivity contribution in [3.8, 4) is 0 Å². The van der Waals surface area contributed by atoms with Crippen LogP contribution in [0.15, 0.2) is 54.6 Å². The number of nitrogens with one attached hydrogen (secondary N) is 1. The summed E-state index contributed by atoms with van der Waals surface area (Å²) in [6.45, 7) is 5.13. The summed E-state index contributed by atoms with van der Waals surface area (Å²) >= 11 is 0. The molecule has 4 N–H and O–H groups in total. The predicted molar refractivity (Wildman–Crippen MR) is 143 cm³/mol. The number of piperidine rings is 1. The molecule has 2 aliphatic rings. The smallest absolute Gasteiger partial charge is 0.480 e. The summed E-state index contributed by atoms with van der Waals surface area (Å²) in [6.07, 6.45) is -3.99. The Morgan fingerprint density at radius 1 is 0.975 bits per heavy atom. The zero-order chi connectivity index (χ0) is 29.1. The summed E-state index contributed by atoms with van der Waals surface area (Å²) in [6, 6.07) is 14.0. The highest BCUT2D eigenvalue weighted by molar-refractivity contribution is 5.95. The Kier molecular flexibility index (Phi) is 8.69. The topological polar surface area (TPSA) is 123 Å². The standard InChI is InChI=1S/C28H34F3N5O4/c1-27(20-5-3-2-4-6-20,40-26(39)28(29,30)31)23(25(37)38)36-13-11-22(12-14-36)35-17-15-34(16-18-35)21-9-7-19(8-10-21)24(32)33/h2-10,22-23H,11-18H2,1H3,(H3,32,33)(H,37,38). The molecular formula is C28H34F3N5O4. The van der Waals surface area contributed by atoms with Gasteiger partial charge < -0.3 is 20.5 Å². The summed E-state index contributed by atoms with van der Waals surface area (Å²) in [7, 11) is 0. The summed E-state index contributed by atoms with van der Waals surface area (Å²) in [5.74, 6) is -3.76.